The Balaban J connectivity index is 1.67. The summed E-state index contributed by atoms with van der Waals surface area (Å²) in [6.07, 6.45) is 1.51. The van der Waals surface area contributed by atoms with Gasteiger partial charge in [-0.1, -0.05) is 38.0 Å². The molecule has 0 amide bonds. The average Bonchev–Trinajstić information content (AvgIpc) is 2.69. The molecule has 6 heteroatoms. The standard InChI is InChI=1S/C24H26F6/c1-2-3-15-4-8-17(9-5-15)19-12-11-18(22(26)23(19)27)10-6-16-7-13-20(21(25)14-16)24(28,29)30/h7,11-15,17H,2-6,8-10H2,1H3. The normalized spacial score (nSPS) is 19.8. The van der Waals surface area contributed by atoms with Crippen molar-refractivity contribution in [1.82, 2.24) is 0 Å². The van der Waals surface area contributed by atoms with Gasteiger partial charge in [-0.2, -0.15) is 13.2 Å². The maximum Gasteiger partial charge on any atom is 0.419 e. The van der Waals surface area contributed by atoms with Gasteiger partial charge in [0.05, 0.1) is 5.56 Å². The maximum absolute atomic E-state index is 14.7. The van der Waals surface area contributed by atoms with E-state index in [1.54, 1.807) is 12.1 Å². The number of alkyl halides is 3. The molecule has 3 rings (SSSR count). The molecular weight excluding hydrogens is 402 g/mol. The summed E-state index contributed by atoms with van der Waals surface area (Å²) in [7, 11) is 0. The van der Waals surface area contributed by atoms with Crippen LogP contribution in [-0.4, -0.2) is 0 Å². The predicted octanol–water partition coefficient (Wildman–Crippen LogP) is 7.98. The van der Waals surface area contributed by atoms with Crippen LogP contribution in [0.5, 0.6) is 0 Å². The molecule has 0 aromatic heterocycles. The lowest BCUT2D eigenvalue weighted by Crippen LogP contribution is -2.15. The number of benzene rings is 2. The molecule has 1 fully saturated rings. The molecule has 0 saturated heterocycles. The van der Waals surface area contributed by atoms with Gasteiger partial charge in [-0.15, -0.1) is 0 Å². The van der Waals surface area contributed by atoms with Crippen molar-refractivity contribution in [3.05, 3.63) is 70.0 Å². The Labute approximate surface area is 173 Å². The summed E-state index contributed by atoms with van der Waals surface area (Å²) in [6.45, 7) is 2.15. The molecule has 2 aromatic carbocycles. The van der Waals surface area contributed by atoms with Crippen molar-refractivity contribution in [2.45, 2.75) is 70.4 Å². The Morgan fingerprint density at radius 1 is 0.867 bits per heavy atom. The summed E-state index contributed by atoms with van der Waals surface area (Å²) >= 11 is 0. The molecule has 0 N–H and O–H groups in total. The summed E-state index contributed by atoms with van der Waals surface area (Å²) in [4.78, 5) is 0. The molecule has 1 aliphatic rings. The van der Waals surface area contributed by atoms with E-state index in [9.17, 15) is 26.3 Å². The van der Waals surface area contributed by atoms with Crippen LogP contribution in [0.2, 0.25) is 0 Å². The Kier molecular flexibility index (Phi) is 7.14. The van der Waals surface area contributed by atoms with Crippen molar-refractivity contribution < 1.29 is 26.3 Å². The molecule has 0 unspecified atom stereocenters. The summed E-state index contributed by atoms with van der Waals surface area (Å²) < 4.78 is 81.0. The van der Waals surface area contributed by atoms with Crippen molar-refractivity contribution in [2.24, 2.45) is 5.92 Å². The highest BCUT2D eigenvalue weighted by Crippen LogP contribution is 2.39. The second-order valence-electron chi connectivity index (χ2n) is 8.26. The summed E-state index contributed by atoms with van der Waals surface area (Å²) in [5, 5.41) is 0. The first-order chi connectivity index (χ1) is 14.2. The van der Waals surface area contributed by atoms with Gasteiger partial charge in [-0.05, 0) is 79.2 Å². The molecule has 164 valence electrons. The van der Waals surface area contributed by atoms with E-state index in [2.05, 4.69) is 6.92 Å². The fourth-order valence-corrected chi connectivity index (χ4v) is 4.51. The van der Waals surface area contributed by atoms with Crippen molar-refractivity contribution >= 4 is 0 Å². The lowest BCUT2D eigenvalue weighted by Gasteiger charge is -2.29. The zero-order valence-electron chi connectivity index (χ0n) is 17.0. The van der Waals surface area contributed by atoms with Gasteiger partial charge in [-0.25, -0.2) is 13.2 Å². The van der Waals surface area contributed by atoms with Gasteiger partial charge in [0.15, 0.2) is 11.6 Å². The van der Waals surface area contributed by atoms with Crippen molar-refractivity contribution in [1.29, 1.82) is 0 Å². The number of halogens is 6. The van der Waals surface area contributed by atoms with E-state index >= 15 is 0 Å². The minimum atomic E-state index is -4.76. The van der Waals surface area contributed by atoms with E-state index in [0.717, 1.165) is 38.2 Å². The highest BCUT2D eigenvalue weighted by molar-refractivity contribution is 5.31. The Morgan fingerprint density at radius 3 is 2.17 bits per heavy atom. The minimum Gasteiger partial charge on any atom is -0.206 e. The second-order valence-corrected chi connectivity index (χ2v) is 8.26. The molecule has 0 heterocycles. The second kappa shape index (κ2) is 9.44. The number of hydrogen-bond donors (Lipinski definition) is 0. The third-order valence-electron chi connectivity index (χ3n) is 6.20. The highest BCUT2D eigenvalue weighted by Gasteiger charge is 2.34. The summed E-state index contributed by atoms with van der Waals surface area (Å²) in [5.74, 6) is -2.41. The van der Waals surface area contributed by atoms with Crippen molar-refractivity contribution in [3.63, 3.8) is 0 Å². The molecule has 30 heavy (non-hydrogen) atoms. The van der Waals surface area contributed by atoms with Crippen LogP contribution in [0.25, 0.3) is 0 Å². The summed E-state index contributed by atoms with van der Waals surface area (Å²) in [5.41, 5.74) is -0.469. The van der Waals surface area contributed by atoms with Gasteiger partial charge in [0.2, 0.25) is 0 Å². The first-order valence-corrected chi connectivity index (χ1v) is 10.5. The van der Waals surface area contributed by atoms with Crippen molar-refractivity contribution in [3.8, 4) is 0 Å². The SMILES string of the molecule is CCCC1CCC(c2ccc(CCc3ccc(C(F)(F)F)c(F)c3)c(F)c2F)CC1. The van der Waals surface area contributed by atoms with E-state index in [1.807, 2.05) is 0 Å². The molecule has 0 radical (unpaired) electrons. The van der Waals surface area contributed by atoms with E-state index < -0.39 is 29.2 Å². The topological polar surface area (TPSA) is 0 Å². The number of hydrogen-bond acceptors (Lipinski definition) is 0. The number of rotatable bonds is 6. The Bertz CT molecular complexity index is 863. The molecule has 0 atom stereocenters. The predicted molar refractivity (Wildman–Crippen MR) is 105 cm³/mol. The molecule has 0 aliphatic heterocycles. The van der Waals surface area contributed by atoms with E-state index in [1.165, 1.54) is 12.5 Å². The van der Waals surface area contributed by atoms with Gasteiger partial charge < -0.3 is 0 Å². The van der Waals surface area contributed by atoms with Gasteiger partial charge in [0.1, 0.15) is 5.82 Å². The third kappa shape index (κ3) is 5.19. The molecule has 0 nitrogen and oxygen atoms in total. The zero-order chi connectivity index (χ0) is 21.9. The fourth-order valence-electron chi connectivity index (χ4n) is 4.51. The molecule has 1 aliphatic carbocycles. The first kappa shape index (κ1) is 22.7. The van der Waals surface area contributed by atoms with Crippen LogP contribution < -0.4 is 0 Å². The van der Waals surface area contributed by atoms with Gasteiger partial charge >= 0.3 is 6.18 Å². The minimum absolute atomic E-state index is 0.0191. The highest BCUT2D eigenvalue weighted by atomic mass is 19.4. The quantitative estimate of drug-likeness (QED) is 0.409. The van der Waals surface area contributed by atoms with E-state index in [0.29, 0.717) is 23.1 Å². The largest absolute Gasteiger partial charge is 0.419 e. The smallest absolute Gasteiger partial charge is 0.206 e. The van der Waals surface area contributed by atoms with E-state index in [4.69, 9.17) is 0 Å². The van der Waals surface area contributed by atoms with Crippen LogP contribution in [0, 0.1) is 23.4 Å². The molecule has 0 spiro atoms. The first-order valence-electron chi connectivity index (χ1n) is 10.5. The van der Waals surface area contributed by atoms with Crippen LogP contribution >= 0.6 is 0 Å². The Hall–Kier alpha value is -1.98. The van der Waals surface area contributed by atoms with Crippen LogP contribution in [0.3, 0.4) is 0 Å². The molecule has 0 bridgehead atoms. The molecule has 1 saturated carbocycles. The van der Waals surface area contributed by atoms with Crippen LogP contribution in [-0.2, 0) is 19.0 Å². The fraction of sp³-hybridized carbons (Fsp3) is 0.500. The maximum atomic E-state index is 14.7. The average molecular weight is 428 g/mol. The zero-order valence-corrected chi connectivity index (χ0v) is 17.0. The number of aryl methyl sites for hydroxylation is 2. The lowest BCUT2D eigenvalue weighted by atomic mass is 9.77. The van der Waals surface area contributed by atoms with Crippen molar-refractivity contribution in [2.75, 3.05) is 0 Å². The molecular formula is C24H26F6. The molecule has 2 aromatic rings. The lowest BCUT2D eigenvalue weighted by molar-refractivity contribution is -0.140. The van der Waals surface area contributed by atoms with Gasteiger partial charge in [0, 0.05) is 0 Å². The van der Waals surface area contributed by atoms with Crippen LogP contribution in [0.1, 0.15) is 73.6 Å². The monoisotopic (exact) mass is 428 g/mol. The van der Waals surface area contributed by atoms with Gasteiger partial charge in [-0.3, -0.25) is 0 Å². The van der Waals surface area contributed by atoms with Crippen LogP contribution in [0.4, 0.5) is 26.3 Å². The third-order valence-corrected chi connectivity index (χ3v) is 6.20. The van der Waals surface area contributed by atoms with E-state index in [-0.39, 0.29) is 24.3 Å². The summed E-state index contributed by atoms with van der Waals surface area (Å²) in [6, 6.07) is 5.83. The Morgan fingerprint density at radius 2 is 1.57 bits per heavy atom. The van der Waals surface area contributed by atoms with Gasteiger partial charge in [0.25, 0.3) is 0 Å². The van der Waals surface area contributed by atoms with Crippen LogP contribution in [0.15, 0.2) is 30.3 Å².